The maximum absolute atomic E-state index is 13.7. The number of thioether (sulfide) groups is 1. The number of halogens is 1. The van der Waals surface area contributed by atoms with E-state index < -0.39 is 0 Å². The van der Waals surface area contributed by atoms with Gasteiger partial charge in [-0.25, -0.2) is 4.39 Å². The van der Waals surface area contributed by atoms with Crippen molar-refractivity contribution in [1.29, 1.82) is 0 Å². The number of nitrogens with zero attached hydrogens (tertiary/aromatic N) is 1. The number of aliphatic imine (C=N–C) groups is 1. The van der Waals surface area contributed by atoms with Gasteiger partial charge in [0.05, 0.1) is 11.7 Å². The van der Waals surface area contributed by atoms with Crippen LogP contribution in [0.3, 0.4) is 0 Å². The molecule has 0 saturated carbocycles. The Hall–Kier alpha value is -1.03. The van der Waals surface area contributed by atoms with Gasteiger partial charge in [0.2, 0.25) is 0 Å². The highest BCUT2D eigenvalue weighted by Gasteiger charge is 2.19. The number of amidine groups is 1. The van der Waals surface area contributed by atoms with Gasteiger partial charge in [-0.3, -0.25) is 4.99 Å². The van der Waals surface area contributed by atoms with Crippen LogP contribution in [0.2, 0.25) is 0 Å². The van der Waals surface area contributed by atoms with E-state index in [0.717, 1.165) is 17.2 Å². The summed E-state index contributed by atoms with van der Waals surface area (Å²) in [5, 5.41) is 4.42. The third-order valence-electron chi connectivity index (χ3n) is 2.69. The van der Waals surface area contributed by atoms with Crippen molar-refractivity contribution < 1.29 is 4.39 Å². The molecule has 1 aliphatic rings. The summed E-state index contributed by atoms with van der Waals surface area (Å²) in [6, 6.07) is 5.50. The first kappa shape index (κ1) is 12.4. The van der Waals surface area contributed by atoms with Crippen LogP contribution in [0.5, 0.6) is 0 Å². The number of hydrogen-bond acceptors (Lipinski definition) is 3. The summed E-state index contributed by atoms with van der Waals surface area (Å²) in [6.45, 7) is 6.14. The molecule has 0 radical (unpaired) electrons. The predicted octanol–water partition coefficient (Wildman–Crippen LogP) is 3.82. The third-order valence-corrected chi connectivity index (χ3v) is 3.72. The summed E-state index contributed by atoms with van der Waals surface area (Å²) >= 11 is 1.67. The first-order chi connectivity index (χ1) is 8.04. The molecule has 1 N–H and O–H groups in total. The maximum atomic E-state index is 13.7. The summed E-state index contributed by atoms with van der Waals surface area (Å²) < 4.78 is 13.7. The molecule has 4 heteroatoms. The van der Waals surface area contributed by atoms with Crippen molar-refractivity contribution in [2.45, 2.75) is 38.5 Å². The van der Waals surface area contributed by atoms with Crippen molar-refractivity contribution in [1.82, 2.24) is 0 Å². The zero-order valence-electron chi connectivity index (χ0n) is 10.3. The van der Waals surface area contributed by atoms with Crippen LogP contribution in [0.1, 0.15) is 25.8 Å². The fraction of sp³-hybridized carbons (Fsp3) is 0.462. The monoisotopic (exact) mass is 252 g/mol. The van der Waals surface area contributed by atoms with Crippen LogP contribution < -0.4 is 5.32 Å². The summed E-state index contributed by atoms with van der Waals surface area (Å²) in [7, 11) is 0. The SMILES string of the molecule is Cc1ccc(NC2=NC(C)CC(C)S2)c(F)c1. The molecule has 0 aliphatic carbocycles. The molecule has 2 nitrogen and oxygen atoms in total. The van der Waals surface area contributed by atoms with E-state index >= 15 is 0 Å². The van der Waals surface area contributed by atoms with Crippen molar-refractivity contribution in [2.75, 3.05) is 5.32 Å². The molecule has 0 fully saturated rings. The van der Waals surface area contributed by atoms with Gasteiger partial charge >= 0.3 is 0 Å². The molecule has 2 atom stereocenters. The highest BCUT2D eigenvalue weighted by molar-refractivity contribution is 8.14. The second-order valence-corrected chi connectivity index (χ2v) is 5.98. The zero-order valence-corrected chi connectivity index (χ0v) is 11.1. The molecule has 0 aromatic heterocycles. The molecule has 17 heavy (non-hydrogen) atoms. The molecule has 2 rings (SSSR count). The van der Waals surface area contributed by atoms with Gasteiger partial charge in [0.1, 0.15) is 5.82 Å². The number of nitrogens with one attached hydrogen (secondary N) is 1. The van der Waals surface area contributed by atoms with Crippen LogP contribution in [0.25, 0.3) is 0 Å². The molecule has 0 saturated heterocycles. The van der Waals surface area contributed by atoms with Crippen LogP contribution in [0.15, 0.2) is 23.2 Å². The lowest BCUT2D eigenvalue weighted by Crippen LogP contribution is -2.23. The van der Waals surface area contributed by atoms with Gasteiger partial charge in [-0.1, -0.05) is 24.8 Å². The van der Waals surface area contributed by atoms with Gasteiger partial charge in [-0.2, -0.15) is 0 Å². The molecule has 0 spiro atoms. The lowest BCUT2D eigenvalue weighted by Gasteiger charge is -2.23. The molecule has 1 aromatic carbocycles. The van der Waals surface area contributed by atoms with Gasteiger partial charge in [-0.05, 0) is 38.0 Å². The Morgan fingerprint density at radius 2 is 2.18 bits per heavy atom. The van der Waals surface area contributed by atoms with Crippen molar-refractivity contribution in [3.8, 4) is 0 Å². The number of hydrogen-bond donors (Lipinski definition) is 1. The van der Waals surface area contributed by atoms with E-state index in [2.05, 4.69) is 24.2 Å². The van der Waals surface area contributed by atoms with Gasteiger partial charge in [-0.15, -0.1) is 0 Å². The average Bonchev–Trinajstić information content (AvgIpc) is 2.21. The minimum absolute atomic E-state index is 0.223. The first-order valence-electron chi connectivity index (χ1n) is 5.82. The fourth-order valence-corrected chi connectivity index (χ4v) is 3.07. The molecule has 2 unspecified atom stereocenters. The minimum Gasteiger partial charge on any atom is -0.333 e. The number of benzene rings is 1. The van der Waals surface area contributed by atoms with E-state index in [-0.39, 0.29) is 5.82 Å². The number of rotatable bonds is 1. The van der Waals surface area contributed by atoms with E-state index in [9.17, 15) is 4.39 Å². The van der Waals surface area contributed by atoms with E-state index in [1.807, 2.05) is 13.0 Å². The number of aryl methyl sites for hydroxylation is 1. The Kier molecular flexibility index (Phi) is 3.72. The van der Waals surface area contributed by atoms with Crippen LogP contribution >= 0.6 is 11.8 Å². The Morgan fingerprint density at radius 3 is 2.82 bits per heavy atom. The summed E-state index contributed by atoms with van der Waals surface area (Å²) in [5.74, 6) is -0.223. The Balaban J connectivity index is 2.15. The van der Waals surface area contributed by atoms with Gasteiger partial charge in [0.25, 0.3) is 0 Å². The highest BCUT2D eigenvalue weighted by atomic mass is 32.2. The maximum Gasteiger partial charge on any atom is 0.161 e. The van der Waals surface area contributed by atoms with E-state index in [4.69, 9.17) is 0 Å². The fourth-order valence-electron chi connectivity index (χ4n) is 1.90. The third kappa shape index (κ3) is 3.22. The second kappa shape index (κ2) is 5.08. The van der Waals surface area contributed by atoms with Crippen LogP contribution in [-0.4, -0.2) is 16.5 Å². The van der Waals surface area contributed by atoms with Crippen molar-refractivity contribution in [2.24, 2.45) is 4.99 Å². The molecule has 1 aliphatic heterocycles. The van der Waals surface area contributed by atoms with Gasteiger partial charge in [0, 0.05) is 5.25 Å². The van der Waals surface area contributed by atoms with E-state index in [1.54, 1.807) is 17.8 Å². The summed E-state index contributed by atoms with van der Waals surface area (Å²) in [6.07, 6.45) is 1.08. The second-order valence-electron chi connectivity index (χ2n) is 4.56. The van der Waals surface area contributed by atoms with Gasteiger partial charge in [0.15, 0.2) is 5.17 Å². The lowest BCUT2D eigenvalue weighted by atomic mass is 10.2. The Morgan fingerprint density at radius 1 is 1.41 bits per heavy atom. The average molecular weight is 252 g/mol. The van der Waals surface area contributed by atoms with Crippen LogP contribution in [-0.2, 0) is 0 Å². The Bertz CT molecular complexity index is 445. The van der Waals surface area contributed by atoms with Crippen molar-refractivity contribution in [3.63, 3.8) is 0 Å². The summed E-state index contributed by atoms with van der Waals surface area (Å²) in [4.78, 5) is 4.49. The Labute approximate surface area is 106 Å². The largest absolute Gasteiger partial charge is 0.333 e. The first-order valence-corrected chi connectivity index (χ1v) is 6.70. The zero-order chi connectivity index (χ0) is 12.4. The smallest absolute Gasteiger partial charge is 0.161 e. The van der Waals surface area contributed by atoms with Crippen molar-refractivity contribution >= 4 is 22.6 Å². The highest BCUT2D eigenvalue weighted by Crippen LogP contribution is 2.26. The molecule has 1 aromatic rings. The minimum atomic E-state index is -0.223. The lowest BCUT2D eigenvalue weighted by molar-refractivity contribution is 0.630. The standard InChI is InChI=1S/C13H17FN2S/c1-8-4-5-12(11(14)6-8)16-13-15-9(2)7-10(3)17-13/h4-6,9-10H,7H2,1-3H3,(H,15,16). The molecule has 1 heterocycles. The molecular weight excluding hydrogens is 235 g/mol. The van der Waals surface area contributed by atoms with Gasteiger partial charge < -0.3 is 5.32 Å². The van der Waals surface area contributed by atoms with Crippen LogP contribution in [0.4, 0.5) is 10.1 Å². The molecule has 0 bridgehead atoms. The van der Waals surface area contributed by atoms with Crippen molar-refractivity contribution in [3.05, 3.63) is 29.6 Å². The summed E-state index contributed by atoms with van der Waals surface area (Å²) in [5.41, 5.74) is 1.43. The molecule has 92 valence electrons. The van der Waals surface area contributed by atoms with Crippen LogP contribution in [0, 0.1) is 12.7 Å². The van der Waals surface area contributed by atoms with E-state index in [1.165, 1.54) is 6.07 Å². The predicted molar refractivity (Wildman–Crippen MR) is 73.3 cm³/mol. The quantitative estimate of drug-likeness (QED) is 0.821. The topological polar surface area (TPSA) is 24.4 Å². The normalized spacial score (nSPS) is 24.4. The van der Waals surface area contributed by atoms with E-state index in [0.29, 0.717) is 17.0 Å². The molecule has 0 amide bonds. The molecular formula is C13H17FN2S. The number of anilines is 1.